The number of rotatable bonds is 5. The van der Waals surface area contributed by atoms with Crippen molar-refractivity contribution in [3.05, 3.63) is 35.9 Å². The number of benzene rings is 1. The molecule has 2 rings (SSSR count). The fourth-order valence-electron chi connectivity index (χ4n) is 3.14. The molecule has 1 aromatic carbocycles. The monoisotopic (exact) mass is 333 g/mol. The van der Waals surface area contributed by atoms with Crippen LogP contribution in [0.3, 0.4) is 0 Å². The second-order valence-corrected chi connectivity index (χ2v) is 13.4. The van der Waals surface area contributed by atoms with Gasteiger partial charge in [0, 0.05) is 6.04 Å². The summed E-state index contributed by atoms with van der Waals surface area (Å²) in [5.74, 6) is 0. The topological polar surface area (TPSA) is 12.5 Å². The molecule has 0 aromatic heterocycles. The fraction of sp³-hybridized carbons (Fsp3) is 0.700. The van der Waals surface area contributed by atoms with Crippen molar-refractivity contribution < 1.29 is 4.43 Å². The van der Waals surface area contributed by atoms with Gasteiger partial charge in [0.2, 0.25) is 0 Å². The molecule has 1 aliphatic rings. The molecule has 1 fully saturated rings. The molecule has 130 valence electrons. The van der Waals surface area contributed by atoms with Crippen LogP contribution in [0.4, 0.5) is 0 Å². The first-order valence-electron chi connectivity index (χ1n) is 9.14. The van der Waals surface area contributed by atoms with E-state index < -0.39 is 8.32 Å². The molecule has 0 unspecified atom stereocenters. The van der Waals surface area contributed by atoms with Gasteiger partial charge >= 0.3 is 0 Å². The van der Waals surface area contributed by atoms with Gasteiger partial charge < -0.3 is 9.33 Å². The van der Waals surface area contributed by atoms with E-state index in [-0.39, 0.29) is 11.1 Å². The summed E-state index contributed by atoms with van der Waals surface area (Å²) in [7, 11) is 0.500. The molecule has 1 saturated heterocycles. The van der Waals surface area contributed by atoms with Gasteiger partial charge in [-0.1, -0.05) is 57.5 Å². The highest BCUT2D eigenvalue weighted by Crippen LogP contribution is 2.41. The highest BCUT2D eigenvalue weighted by molar-refractivity contribution is 6.74. The van der Waals surface area contributed by atoms with Gasteiger partial charge in [0.1, 0.15) is 0 Å². The highest BCUT2D eigenvalue weighted by Gasteiger charge is 2.40. The quantitative estimate of drug-likeness (QED) is 0.648. The predicted octanol–water partition coefficient (Wildman–Crippen LogP) is 5.62. The molecule has 0 N–H and O–H groups in total. The van der Waals surface area contributed by atoms with Crippen LogP contribution >= 0.6 is 0 Å². The van der Waals surface area contributed by atoms with E-state index in [1.807, 2.05) is 0 Å². The van der Waals surface area contributed by atoms with E-state index in [9.17, 15) is 0 Å². The van der Waals surface area contributed by atoms with E-state index >= 15 is 0 Å². The largest absolute Gasteiger partial charge is 0.410 e. The third kappa shape index (κ3) is 4.91. The Morgan fingerprint density at radius 1 is 1.17 bits per heavy atom. The van der Waals surface area contributed by atoms with Gasteiger partial charge in [-0.2, -0.15) is 0 Å². The van der Waals surface area contributed by atoms with Crippen LogP contribution in [0.2, 0.25) is 18.1 Å². The number of likely N-dealkylation sites (tertiary alicyclic amines) is 1. The molecule has 1 aliphatic heterocycles. The molecule has 0 amide bonds. The summed E-state index contributed by atoms with van der Waals surface area (Å²) in [6.07, 6.45) is 5.35. The van der Waals surface area contributed by atoms with Crippen molar-refractivity contribution in [3.8, 4) is 0 Å². The Labute approximate surface area is 144 Å². The maximum atomic E-state index is 6.85. The molecule has 3 heteroatoms. The zero-order chi connectivity index (χ0) is 17.1. The average Bonchev–Trinajstić information content (AvgIpc) is 2.48. The minimum atomic E-state index is -1.78. The first-order chi connectivity index (χ1) is 10.7. The van der Waals surface area contributed by atoms with Crippen molar-refractivity contribution in [2.24, 2.45) is 0 Å². The third-order valence-electron chi connectivity index (χ3n) is 5.82. The Balaban J connectivity index is 2.19. The van der Waals surface area contributed by atoms with E-state index in [4.69, 9.17) is 4.43 Å². The molecule has 0 saturated carbocycles. The summed E-state index contributed by atoms with van der Waals surface area (Å²) in [5.41, 5.74) is 1.34. The van der Waals surface area contributed by atoms with Crippen molar-refractivity contribution >= 4 is 8.32 Å². The molecule has 0 bridgehead atoms. The minimum Gasteiger partial charge on any atom is -0.410 e. The lowest BCUT2D eigenvalue weighted by Crippen LogP contribution is -2.44. The van der Waals surface area contributed by atoms with E-state index in [1.54, 1.807) is 0 Å². The minimum absolute atomic E-state index is 0.225. The van der Waals surface area contributed by atoms with Crippen LogP contribution in [-0.2, 0) is 4.43 Å². The maximum absolute atomic E-state index is 6.85. The Morgan fingerprint density at radius 3 is 2.39 bits per heavy atom. The zero-order valence-electron chi connectivity index (χ0n) is 15.9. The van der Waals surface area contributed by atoms with Crippen molar-refractivity contribution in [2.45, 2.75) is 76.7 Å². The lowest BCUT2D eigenvalue weighted by Gasteiger charge is -2.42. The van der Waals surface area contributed by atoms with Crippen molar-refractivity contribution in [1.82, 2.24) is 4.90 Å². The average molecular weight is 334 g/mol. The molecule has 0 spiro atoms. The Kier molecular flexibility index (Phi) is 6.09. The van der Waals surface area contributed by atoms with Crippen LogP contribution in [0, 0.1) is 0 Å². The van der Waals surface area contributed by atoms with Gasteiger partial charge in [0.15, 0.2) is 8.32 Å². The normalized spacial score (nSPS) is 22.1. The molecular weight excluding hydrogens is 298 g/mol. The number of piperidine rings is 1. The molecule has 1 heterocycles. The summed E-state index contributed by atoms with van der Waals surface area (Å²) >= 11 is 0. The summed E-state index contributed by atoms with van der Waals surface area (Å²) in [6.45, 7) is 12.9. The van der Waals surface area contributed by atoms with E-state index in [1.165, 1.54) is 31.4 Å². The van der Waals surface area contributed by atoms with Gasteiger partial charge in [-0.3, -0.25) is 0 Å². The zero-order valence-corrected chi connectivity index (χ0v) is 16.9. The predicted molar refractivity (Wildman–Crippen MR) is 102 cm³/mol. The fourth-order valence-corrected chi connectivity index (χ4v) is 4.44. The second-order valence-electron chi connectivity index (χ2n) is 8.64. The van der Waals surface area contributed by atoms with Crippen LogP contribution in [0.1, 0.15) is 58.1 Å². The molecule has 1 aromatic rings. The van der Waals surface area contributed by atoms with E-state index in [2.05, 4.69) is 76.1 Å². The molecule has 2 atom stereocenters. The molecule has 0 aliphatic carbocycles. The van der Waals surface area contributed by atoms with Crippen molar-refractivity contribution in [2.75, 3.05) is 13.6 Å². The Hall–Kier alpha value is -0.643. The van der Waals surface area contributed by atoms with Crippen molar-refractivity contribution in [3.63, 3.8) is 0 Å². The highest BCUT2D eigenvalue weighted by atomic mass is 28.4. The smallest absolute Gasteiger partial charge is 0.192 e. The number of hydrogen-bond acceptors (Lipinski definition) is 2. The molecule has 23 heavy (non-hydrogen) atoms. The standard InChI is InChI=1S/C20H35NOSi/c1-20(2,3)23(5,6)22-19(17-12-8-7-9-13-17)16-18-14-10-11-15-21(18)4/h7-9,12-13,18-19H,10-11,14-16H2,1-6H3/t18-,19+/m1/s1. The van der Waals surface area contributed by atoms with E-state index in [0.717, 1.165) is 6.42 Å². The van der Waals surface area contributed by atoms with Crippen LogP contribution < -0.4 is 0 Å². The van der Waals surface area contributed by atoms with Gasteiger partial charge in [-0.15, -0.1) is 0 Å². The summed E-state index contributed by atoms with van der Waals surface area (Å²) < 4.78 is 6.85. The maximum Gasteiger partial charge on any atom is 0.192 e. The summed E-state index contributed by atoms with van der Waals surface area (Å²) in [5, 5.41) is 0.249. The number of nitrogens with zero attached hydrogens (tertiary/aromatic N) is 1. The summed E-state index contributed by atoms with van der Waals surface area (Å²) in [4.78, 5) is 2.54. The van der Waals surface area contributed by atoms with Gasteiger partial charge in [-0.25, -0.2) is 0 Å². The third-order valence-corrected chi connectivity index (χ3v) is 10.3. The van der Waals surface area contributed by atoms with Gasteiger partial charge in [0.25, 0.3) is 0 Å². The molecule has 0 radical (unpaired) electrons. The Bertz CT molecular complexity index is 480. The van der Waals surface area contributed by atoms with Crippen LogP contribution in [0.25, 0.3) is 0 Å². The van der Waals surface area contributed by atoms with Crippen LogP contribution in [-0.4, -0.2) is 32.9 Å². The SMILES string of the molecule is CN1CCCC[C@@H]1C[C@H](O[Si](C)(C)C(C)(C)C)c1ccccc1. The lowest BCUT2D eigenvalue weighted by molar-refractivity contribution is 0.100. The second kappa shape index (κ2) is 7.50. The molecule has 2 nitrogen and oxygen atoms in total. The van der Waals surface area contributed by atoms with Gasteiger partial charge in [-0.05, 0) is 56.6 Å². The van der Waals surface area contributed by atoms with Crippen LogP contribution in [0.15, 0.2) is 30.3 Å². The number of hydrogen-bond donors (Lipinski definition) is 0. The van der Waals surface area contributed by atoms with Crippen molar-refractivity contribution in [1.29, 1.82) is 0 Å². The lowest BCUT2D eigenvalue weighted by atomic mass is 9.94. The first kappa shape index (κ1) is 18.7. The summed E-state index contributed by atoms with van der Waals surface area (Å²) in [6, 6.07) is 11.5. The Morgan fingerprint density at radius 2 is 1.83 bits per heavy atom. The van der Waals surface area contributed by atoms with Gasteiger partial charge in [0.05, 0.1) is 6.10 Å². The molecular formula is C20H35NOSi. The first-order valence-corrected chi connectivity index (χ1v) is 12.0. The van der Waals surface area contributed by atoms with Crippen LogP contribution in [0.5, 0.6) is 0 Å². The van der Waals surface area contributed by atoms with E-state index in [0.29, 0.717) is 6.04 Å².